The Bertz CT molecular complexity index is 1290. The van der Waals surface area contributed by atoms with Gasteiger partial charge in [0.2, 0.25) is 0 Å². The van der Waals surface area contributed by atoms with Crippen LogP contribution in [0.1, 0.15) is 89.5 Å². The van der Waals surface area contributed by atoms with E-state index in [4.69, 9.17) is 9.47 Å². The Morgan fingerprint density at radius 1 is 0.909 bits per heavy atom. The summed E-state index contributed by atoms with van der Waals surface area (Å²) < 4.78 is 12.6. The van der Waals surface area contributed by atoms with Crippen LogP contribution in [0.25, 0.3) is 0 Å². The van der Waals surface area contributed by atoms with E-state index in [0.717, 1.165) is 60.8 Å². The summed E-state index contributed by atoms with van der Waals surface area (Å²) in [5.41, 5.74) is 4.36. The molecule has 0 radical (unpaired) electrons. The number of aryl methyl sites for hydroxylation is 1. The third-order valence-corrected chi connectivity index (χ3v) is 10.3. The predicted molar refractivity (Wildman–Crippen MR) is 177 cm³/mol. The standard InChI is InChI=1S/C37H53N3O4/c1-11-36(9)17-15-29(20-31(36)25(3)4)27(7)23-43-34(41)14-13-19-40-22-33(38-39-40)35(42)44-24-28(8)30-16-18-37(10,12-2)32(21-30)26(5)6/h11-12,22,29-32H,1-3,5,7-8,13-21,23-24H2,4,6,9-10H3/t29-,30-,31+,32+,36-,37-/m1/s1. The number of carbonyl (C=O) groups is 2. The molecule has 7 heteroatoms. The zero-order chi connectivity index (χ0) is 32.7. The maximum Gasteiger partial charge on any atom is 0.360 e. The lowest BCUT2D eigenvalue weighted by Gasteiger charge is -2.43. The Hall–Kier alpha value is -3.48. The van der Waals surface area contributed by atoms with Crippen molar-refractivity contribution in [1.29, 1.82) is 0 Å². The van der Waals surface area contributed by atoms with Crippen molar-refractivity contribution in [3.05, 3.63) is 85.8 Å². The lowest BCUT2D eigenvalue weighted by Crippen LogP contribution is -2.34. The molecule has 2 fully saturated rings. The van der Waals surface area contributed by atoms with E-state index in [2.05, 4.69) is 83.6 Å². The normalized spacial score (nSPS) is 28.4. The third-order valence-electron chi connectivity index (χ3n) is 10.3. The van der Waals surface area contributed by atoms with Crippen molar-refractivity contribution in [3.63, 3.8) is 0 Å². The predicted octanol–water partition coefficient (Wildman–Crippen LogP) is 8.24. The van der Waals surface area contributed by atoms with E-state index in [9.17, 15) is 9.59 Å². The number of aromatic nitrogens is 3. The number of hydrogen-bond acceptors (Lipinski definition) is 6. The maximum absolute atomic E-state index is 12.6. The van der Waals surface area contributed by atoms with E-state index in [1.54, 1.807) is 10.9 Å². The van der Waals surface area contributed by atoms with Crippen LogP contribution in [0.15, 0.2) is 80.1 Å². The molecule has 0 spiro atoms. The van der Waals surface area contributed by atoms with Gasteiger partial charge in [0.1, 0.15) is 13.2 Å². The van der Waals surface area contributed by atoms with Crippen LogP contribution in [0, 0.1) is 34.5 Å². The average Bonchev–Trinajstić information content (AvgIpc) is 3.47. The third kappa shape index (κ3) is 8.58. The Kier molecular flexibility index (Phi) is 11.9. The highest BCUT2D eigenvalue weighted by Gasteiger charge is 2.40. The highest BCUT2D eigenvalue weighted by atomic mass is 16.5. The first-order valence-electron chi connectivity index (χ1n) is 15.9. The van der Waals surface area contributed by atoms with Gasteiger partial charge in [-0.05, 0) is 104 Å². The minimum atomic E-state index is -0.538. The topological polar surface area (TPSA) is 83.3 Å². The highest BCUT2D eigenvalue weighted by Crippen LogP contribution is 2.49. The molecule has 2 saturated carbocycles. The number of allylic oxidation sites excluding steroid dienone is 4. The van der Waals surface area contributed by atoms with Crippen LogP contribution in [0.2, 0.25) is 0 Å². The molecule has 1 aromatic heterocycles. The van der Waals surface area contributed by atoms with Crippen LogP contribution < -0.4 is 0 Å². The van der Waals surface area contributed by atoms with E-state index < -0.39 is 5.97 Å². The monoisotopic (exact) mass is 603 g/mol. The van der Waals surface area contributed by atoms with Crippen molar-refractivity contribution in [2.75, 3.05) is 13.2 Å². The van der Waals surface area contributed by atoms with Gasteiger partial charge in [0.15, 0.2) is 5.69 Å². The molecule has 1 heterocycles. The zero-order valence-electron chi connectivity index (χ0n) is 27.5. The summed E-state index contributed by atoms with van der Waals surface area (Å²) in [6.45, 7) is 34.3. The lowest BCUT2D eigenvalue weighted by molar-refractivity contribution is -0.143. The first-order chi connectivity index (χ1) is 20.7. The fourth-order valence-corrected chi connectivity index (χ4v) is 7.02. The van der Waals surface area contributed by atoms with Crippen LogP contribution in [0.5, 0.6) is 0 Å². The molecule has 0 N–H and O–H groups in total. The van der Waals surface area contributed by atoms with Gasteiger partial charge >= 0.3 is 11.9 Å². The summed E-state index contributed by atoms with van der Waals surface area (Å²) in [6.07, 6.45) is 12.2. The molecule has 44 heavy (non-hydrogen) atoms. The van der Waals surface area contributed by atoms with Crippen molar-refractivity contribution in [2.24, 2.45) is 34.5 Å². The summed E-state index contributed by atoms with van der Waals surface area (Å²) >= 11 is 0. The molecule has 0 bridgehead atoms. The van der Waals surface area contributed by atoms with Gasteiger partial charge in [0.05, 0.1) is 6.20 Å². The van der Waals surface area contributed by atoms with E-state index >= 15 is 0 Å². The van der Waals surface area contributed by atoms with Crippen LogP contribution in [0.3, 0.4) is 0 Å². The molecule has 0 amide bonds. The van der Waals surface area contributed by atoms with Crippen LogP contribution in [-0.2, 0) is 20.8 Å². The van der Waals surface area contributed by atoms with Gasteiger partial charge in [0.25, 0.3) is 0 Å². The Morgan fingerprint density at radius 2 is 1.41 bits per heavy atom. The van der Waals surface area contributed by atoms with Crippen LogP contribution in [-0.4, -0.2) is 40.1 Å². The van der Waals surface area contributed by atoms with Crippen LogP contribution >= 0.6 is 0 Å². The van der Waals surface area contributed by atoms with Gasteiger partial charge in [-0.25, -0.2) is 4.79 Å². The minimum Gasteiger partial charge on any atom is -0.461 e. The summed E-state index contributed by atoms with van der Waals surface area (Å²) in [5, 5.41) is 7.99. The molecule has 2 aliphatic rings. The molecule has 0 aliphatic heterocycles. The second kappa shape index (κ2) is 15.0. The van der Waals surface area contributed by atoms with Gasteiger partial charge in [0, 0.05) is 13.0 Å². The zero-order valence-corrected chi connectivity index (χ0v) is 27.5. The summed E-state index contributed by atoms with van der Waals surface area (Å²) in [4.78, 5) is 25.1. The molecule has 3 rings (SSSR count). The molecule has 1 aromatic rings. The molecule has 6 atom stereocenters. The Morgan fingerprint density at radius 3 is 1.89 bits per heavy atom. The van der Waals surface area contributed by atoms with E-state index in [0.29, 0.717) is 30.7 Å². The molecular weight excluding hydrogens is 550 g/mol. The number of ether oxygens (including phenoxy) is 2. The minimum absolute atomic E-state index is 0.0292. The number of carbonyl (C=O) groups excluding carboxylic acids is 2. The van der Waals surface area contributed by atoms with Gasteiger partial charge in [-0.15, -0.1) is 18.3 Å². The molecule has 2 aliphatic carbocycles. The first-order valence-corrected chi connectivity index (χ1v) is 15.9. The molecule has 240 valence electrons. The van der Waals surface area contributed by atoms with Crippen molar-refractivity contribution in [2.45, 2.75) is 85.6 Å². The van der Waals surface area contributed by atoms with Crippen molar-refractivity contribution < 1.29 is 19.1 Å². The van der Waals surface area contributed by atoms with Crippen molar-refractivity contribution in [3.8, 4) is 0 Å². The second-order valence-corrected chi connectivity index (χ2v) is 13.7. The number of rotatable bonds is 15. The Labute approximate surface area is 264 Å². The molecule has 0 aromatic carbocycles. The number of hydrogen-bond donors (Lipinski definition) is 0. The van der Waals surface area contributed by atoms with Crippen LogP contribution in [0.4, 0.5) is 0 Å². The van der Waals surface area contributed by atoms with Gasteiger partial charge in [-0.1, -0.05) is 68.7 Å². The van der Waals surface area contributed by atoms with Crippen molar-refractivity contribution in [1.82, 2.24) is 15.0 Å². The van der Waals surface area contributed by atoms with Crippen molar-refractivity contribution >= 4 is 11.9 Å². The average molecular weight is 604 g/mol. The summed E-state index contributed by atoms with van der Waals surface area (Å²) in [7, 11) is 0. The largest absolute Gasteiger partial charge is 0.461 e. The fourth-order valence-electron chi connectivity index (χ4n) is 7.02. The van der Waals surface area contributed by atoms with E-state index in [1.807, 2.05) is 6.08 Å². The quantitative estimate of drug-likeness (QED) is 0.148. The second-order valence-electron chi connectivity index (χ2n) is 13.7. The maximum atomic E-state index is 12.6. The van der Waals surface area contributed by atoms with Gasteiger partial charge in [-0.2, -0.15) is 0 Å². The highest BCUT2D eigenvalue weighted by molar-refractivity contribution is 5.86. The Balaban J connectivity index is 1.38. The smallest absolute Gasteiger partial charge is 0.360 e. The van der Waals surface area contributed by atoms with Gasteiger partial charge in [-0.3, -0.25) is 9.48 Å². The first kappa shape index (κ1) is 35.0. The molecule has 0 unspecified atom stereocenters. The molecular formula is C37H53N3O4. The fraction of sp³-hybridized carbons (Fsp3) is 0.568. The van der Waals surface area contributed by atoms with E-state index in [-0.39, 0.29) is 48.0 Å². The number of esters is 2. The summed E-state index contributed by atoms with van der Waals surface area (Å²) in [5.74, 6) is 0.403. The SMILES string of the molecule is C=C[C@]1(C)CC[C@@H](C(=C)COC(=O)CCCn2cc(C(=O)OCC(=C)[C@@H]3CC[C@@](C)(C=C)[C@H](C(=C)C)C3)nn2)C[C@H]1C(=C)C. The summed E-state index contributed by atoms with van der Waals surface area (Å²) in [6, 6.07) is 0. The van der Waals surface area contributed by atoms with E-state index in [1.165, 1.54) is 0 Å². The number of nitrogens with zero attached hydrogens (tertiary/aromatic N) is 3. The lowest BCUT2D eigenvalue weighted by atomic mass is 9.61. The molecule has 7 nitrogen and oxygen atoms in total. The van der Waals surface area contributed by atoms with Gasteiger partial charge < -0.3 is 9.47 Å². The molecule has 0 saturated heterocycles.